The van der Waals surface area contributed by atoms with Crippen LogP contribution in [0.15, 0.2) is 30.6 Å². The number of aromatic nitrogens is 4. The number of imidazole rings is 1. The molecule has 0 saturated carbocycles. The van der Waals surface area contributed by atoms with Crippen LogP contribution in [0.4, 0.5) is 11.6 Å². The fourth-order valence-electron chi connectivity index (χ4n) is 3.12. The Morgan fingerprint density at radius 2 is 2.20 bits per heavy atom. The second kappa shape index (κ2) is 5.73. The number of nitrogens with one attached hydrogen (secondary N) is 2. The van der Waals surface area contributed by atoms with E-state index in [0.717, 1.165) is 16.6 Å². The summed E-state index contributed by atoms with van der Waals surface area (Å²) in [5, 5.41) is 10.0. The van der Waals surface area contributed by atoms with Crippen LogP contribution in [0.2, 0.25) is 0 Å². The predicted octanol–water partition coefficient (Wildman–Crippen LogP) is 1.54. The smallest absolute Gasteiger partial charge is 0.245 e. The largest absolute Gasteiger partial charge is 0.321 e. The number of para-hydroxylation sites is 2. The molecule has 2 aromatic heterocycles. The molecule has 1 unspecified atom stereocenters. The monoisotopic (exact) mass is 338 g/mol. The van der Waals surface area contributed by atoms with E-state index in [-0.39, 0.29) is 24.3 Å². The van der Waals surface area contributed by atoms with E-state index in [2.05, 4.69) is 20.7 Å². The van der Waals surface area contributed by atoms with Crippen molar-refractivity contribution in [1.82, 2.24) is 19.3 Å². The molecule has 1 aliphatic rings. The van der Waals surface area contributed by atoms with Crippen LogP contribution in [0.5, 0.6) is 0 Å². The zero-order chi connectivity index (χ0) is 17.6. The van der Waals surface area contributed by atoms with Crippen molar-refractivity contribution in [2.75, 3.05) is 10.6 Å². The highest BCUT2D eigenvalue weighted by Crippen LogP contribution is 2.31. The van der Waals surface area contributed by atoms with E-state index in [9.17, 15) is 9.59 Å². The second-order valence-corrected chi connectivity index (χ2v) is 6.30. The zero-order valence-corrected chi connectivity index (χ0v) is 14.0. The number of fused-ring (bicyclic) bond motifs is 2. The molecule has 8 heteroatoms. The zero-order valence-electron chi connectivity index (χ0n) is 14.0. The van der Waals surface area contributed by atoms with E-state index in [0.29, 0.717) is 18.1 Å². The van der Waals surface area contributed by atoms with Crippen molar-refractivity contribution in [3.05, 3.63) is 36.2 Å². The lowest BCUT2D eigenvalue weighted by atomic mass is 9.98. The highest BCUT2D eigenvalue weighted by Gasteiger charge is 2.29. The summed E-state index contributed by atoms with van der Waals surface area (Å²) in [7, 11) is 1.74. The van der Waals surface area contributed by atoms with Crippen LogP contribution in [-0.4, -0.2) is 31.1 Å². The van der Waals surface area contributed by atoms with Crippen molar-refractivity contribution < 1.29 is 9.59 Å². The third-order valence-corrected chi connectivity index (χ3v) is 4.44. The standard InChI is InChI=1S/C17H18N6O2/c1-10-7-11-15(21-22(2)16(11)20-17(10)25)19-14(24)8-23-9-18-12-5-3-4-6-13(12)23/h3-6,9-10H,7-8H2,1-2H3,(H,20,25)(H,19,21,24). The summed E-state index contributed by atoms with van der Waals surface area (Å²) in [5.41, 5.74) is 2.61. The number of hydrogen-bond acceptors (Lipinski definition) is 4. The Kier molecular flexibility index (Phi) is 3.52. The summed E-state index contributed by atoms with van der Waals surface area (Å²) in [5.74, 6) is 0.780. The van der Waals surface area contributed by atoms with Gasteiger partial charge in [0.15, 0.2) is 5.82 Å². The van der Waals surface area contributed by atoms with E-state index in [4.69, 9.17) is 0 Å². The molecular weight excluding hydrogens is 320 g/mol. The number of benzene rings is 1. The minimum Gasteiger partial charge on any atom is -0.321 e. The SMILES string of the molecule is CC1Cc2c(NC(=O)Cn3cnc4ccccc43)nn(C)c2NC1=O. The Morgan fingerprint density at radius 1 is 1.40 bits per heavy atom. The molecule has 1 aromatic carbocycles. The number of hydrogen-bond donors (Lipinski definition) is 2. The van der Waals surface area contributed by atoms with E-state index in [1.54, 1.807) is 22.6 Å². The van der Waals surface area contributed by atoms with Crippen LogP contribution in [-0.2, 0) is 29.6 Å². The predicted molar refractivity (Wildman–Crippen MR) is 93.1 cm³/mol. The average molecular weight is 338 g/mol. The minimum atomic E-state index is -0.186. The summed E-state index contributed by atoms with van der Waals surface area (Å²) < 4.78 is 3.38. The number of aryl methyl sites for hydroxylation is 1. The number of nitrogens with zero attached hydrogens (tertiary/aromatic N) is 4. The second-order valence-electron chi connectivity index (χ2n) is 6.30. The number of anilines is 2. The molecule has 8 nitrogen and oxygen atoms in total. The molecule has 1 aliphatic heterocycles. The molecular formula is C17H18N6O2. The Hall–Kier alpha value is -3.16. The van der Waals surface area contributed by atoms with Crippen molar-refractivity contribution >= 4 is 34.5 Å². The van der Waals surface area contributed by atoms with Crippen molar-refractivity contribution in [2.45, 2.75) is 19.9 Å². The van der Waals surface area contributed by atoms with Crippen LogP contribution in [0.25, 0.3) is 11.0 Å². The maximum atomic E-state index is 12.5. The average Bonchev–Trinajstić information content (AvgIpc) is 3.11. The molecule has 2 N–H and O–H groups in total. The third-order valence-electron chi connectivity index (χ3n) is 4.44. The summed E-state index contributed by atoms with van der Waals surface area (Å²) in [6.07, 6.45) is 2.21. The van der Waals surface area contributed by atoms with Crippen molar-refractivity contribution in [2.24, 2.45) is 13.0 Å². The Morgan fingerprint density at radius 3 is 3.04 bits per heavy atom. The molecule has 128 valence electrons. The quantitative estimate of drug-likeness (QED) is 0.757. The van der Waals surface area contributed by atoms with Crippen LogP contribution in [0, 0.1) is 5.92 Å². The van der Waals surface area contributed by atoms with Gasteiger partial charge in [0, 0.05) is 18.5 Å². The molecule has 1 atom stereocenters. The Bertz CT molecular complexity index is 986. The lowest BCUT2D eigenvalue weighted by Crippen LogP contribution is -2.29. The topological polar surface area (TPSA) is 93.8 Å². The maximum absolute atomic E-state index is 12.5. The van der Waals surface area contributed by atoms with Gasteiger partial charge in [-0.25, -0.2) is 4.98 Å². The number of amides is 2. The Labute approximate surface area is 143 Å². The summed E-state index contributed by atoms with van der Waals surface area (Å²) >= 11 is 0. The molecule has 0 spiro atoms. The fraction of sp³-hybridized carbons (Fsp3) is 0.294. The Balaban J connectivity index is 1.56. The van der Waals surface area contributed by atoms with Crippen LogP contribution in [0.3, 0.4) is 0 Å². The van der Waals surface area contributed by atoms with E-state index < -0.39 is 0 Å². The van der Waals surface area contributed by atoms with Crippen molar-refractivity contribution in [1.29, 1.82) is 0 Å². The molecule has 4 rings (SSSR count). The van der Waals surface area contributed by atoms with Crippen LogP contribution < -0.4 is 10.6 Å². The highest BCUT2D eigenvalue weighted by molar-refractivity contribution is 5.98. The lowest BCUT2D eigenvalue weighted by Gasteiger charge is -2.19. The van der Waals surface area contributed by atoms with E-state index in [1.807, 2.05) is 31.2 Å². The molecule has 0 radical (unpaired) electrons. The van der Waals surface area contributed by atoms with Gasteiger partial charge in [0.2, 0.25) is 11.8 Å². The first-order valence-electron chi connectivity index (χ1n) is 8.09. The molecule has 0 fully saturated rings. The summed E-state index contributed by atoms with van der Waals surface area (Å²) in [6.45, 7) is 2.00. The van der Waals surface area contributed by atoms with Gasteiger partial charge in [0.05, 0.1) is 17.4 Å². The van der Waals surface area contributed by atoms with Crippen LogP contribution >= 0.6 is 0 Å². The first-order chi connectivity index (χ1) is 12.0. The molecule has 0 saturated heterocycles. The van der Waals surface area contributed by atoms with Gasteiger partial charge in [-0.3, -0.25) is 14.3 Å². The molecule has 2 amide bonds. The summed E-state index contributed by atoms with van der Waals surface area (Å²) in [6, 6.07) is 7.66. The van der Waals surface area contributed by atoms with Gasteiger partial charge >= 0.3 is 0 Å². The fourth-order valence-corrected chi connectivity index (χ4v) is 3.12. The van der Waals surface area contributed by atoms with Gasteiger partial charge in [-0.15, -0.1) is 0 Å². The van der Waals surface area contributed by atoms with Crippen molar-refractivity contribution in [3.63, 3.8) is 0 Å². The lowest BCUT2D eigenvalue weighted by molar-refractivity contribution is -0.119. The molecule has 0 aliphatic carbocycles. The van der Waals surface area contributed by atoms with Crippen molar-refractivity contribution in [3.8, 4) is 0 Å². The number of carbonyl (C=O) groups is 2. The summed E-state index contributed by atoms with van der Waals surface area (Å²) in [4.78, 5) is 28.6. The first-order valence-corrected chi connectivity index (χ1v) is 8.09. The van der Waals surface area contributed by atoms with E-state index >= 15 is 0 Å². The van der Waals surface area contributed by atoms with Gasteiger partial charge in [0.25, 0.3) is 0 Å². The number of rotatable bonds is 3. The van der Waals surface area contributed by atoms with Crippen LogP contribution in [0.1, 0.15) is 12.5 Å². The molecule has 0 bridgehead atoms. The first kappa shape index (κ1) is 15.4. The maximum Gasteiger partial charge on any atom is 0.245 e. The van der Waals surface area contributed by atoms with E-state index in [1.165, 1.54) is 0 Å². The molecule has 25 heavy (non-hydrogen) atoms. The highest BCUT2D eigenvalue weighted by atomic mass is 16.2. The van der Waals surface area contributed by atoms with Gasteiger partial charge in [-0.2, -0.15) is 5.10 Å². The number of carbonyl (C=O) groups excluding carboxylic acids is 2. The van der Waals surface area contributed by atoms with Gasteiger partial charge in [-0.05, 0) is 18.6 Å². The normalized spacial score (nSPS) is 16.6. The molecule has 3 heterocycles. The van der Waals surface area contributed by atoms with Gasteiger partial charge in [0.1, 0.15) is 12.4 Å². The van der Waals surface area contributed by atoms with Gasteiger partial charge in [-0.1, -0.05) is 19.1 Å². The molecule has 3 aromatic rings. The minimum absolute atomic E-state index is 0.0294. The third kappa shape index (κ3) is 2.65. The van der Waals surface area contributed by atoms with Gasteiger partial charge < -0.3 is 15.2 Å².